The number of aryl methyl sites for hydroxylation is 1. The van der Waals surface area contributed by atoms with Crippen LogP contribution < -0.4 is 5.32 Å². The molecule has 5 heteroatoms. The van der Waals surface area contributed by atoms with E-state index in [9.17, 15) is 9.59 Å². The molecule has 25 heavy (non-hydrogen) atoms. The Morgan fingerprint density at radius 3 is 2.40 bits per heavy atom. The molecular weight excluding hydrogens is 334 g/mol. The summed E-state index contributed by atoms with van der Waals surface area (Å²) in [5.41, 5.74) is 1.67. The minimum absolute atomic E-state index is 0.0102. The van der Waals surface area contributed by atoms with Crippen LogP contribution in [0.3, 0.4) is 0 Å². The van der Waals surface area contributed by atoms with Crippen LogP contribution in [0.1, 0.15) is 91.9 Å². The Kier molecular flexibility index (Phi) is 8.45. The van der Waals surface area contributed by atoms with E-state index in [0.717, 1.165) is 37.7 Å². The van der Waals surface area contributed by atoms with Gasteiger partial charge in [0.2, 0.25) is 5.91 Å². The fourth-order valence-electron chi connectivity index (χ4n) is 3.42. The van der Waals surface area contributed by atoms with Crippen LogP contribution >= 0.6 is 11.3 Å². The highest BCUT2D eigenvalue weighted by molar-refractivity contribution is 7.17. The Morgan fingerprint density at radius 2 is 1.72 bits per heavy atom. The first-order valence-corrected chi connectivity index (χ1v) is 10.5. The van der Waals surface area contributed by atoms with Crippen molar-refractivity contribution in [2.75, 3.05) is 12.4 Å². The summed E-state index contributed by atoms with van der Waals surface area (Å²) in [4.78, 5) is 25.5. The molecule has 1 aromatic heterocycles. The van der Waals surface area contributed by atoms with E-state index < -0.39 is 0 Å². The summed E-state index contributed by atoms with van der Waals surface area (Å²) < 4.78 is 4.91. The number of unbranched alkanes of at least 4 members (excludes halogenated alkanes) is 7. The average molecular weight is 366 g/mol. The van der Waals surface area contributed by atoms with E-state index in [1.54, 1.807) is 11.3 Å². The molecule has 0 saturated carbocycles. The normalized spacial score (nSPS) is 12.9. The zero-order chi connectivity index (χ0) is 18.1. The summed E-state index contributed by atoms with van der Waals surface area (Å²) in [5.74, 6) is -0.321. The fraction of sp³-hybridized carbons (Fsp3) is 0.700. The number of amides is 1. The van der Waals surface area contributed by atoms with E-state index in [0.29, 0.717) is 17.0 Å². The van der Waals surface area contributed by atoms with Crippen molar-refractivity contribution in [3.8, 4) is 0 Å². The number of rotatable bonds is 11. The lowest BCUT2D eigenvalue weighted by atomic mass is 10.1. The zero-order valence-electron chi connectivity index (χ0n) is 15.6. The fourth-order valence-corrected chi connectivity index (χ4v) is 4.71. The van der Waals surface area contributed by atoms with Crippen molar-refractivity contribution in [1.29, 1.82) is 0 Å². The van der Waals surface area contributed by atoms with Crippen molar-refractivity contribution >= 4 is 28.2 Å². The van der Waals surface area contributed by atoms with Crippen molar-refractivity contribution in [3.05, 3.63) is 16.0 Å². The van der Waals surface area contributed by atoms with Gasteiger partial charge in [0.25, 0.3) is 0 Å². The molecule has 140 valence electrons. The van der Waals surface area contributed by atoms with Gasteiger partial charge in [-0.3, -0.25) is 4.79 Å². The molecule has 0 radical (unpaired) electrons. The van der Waals surface area contributed by atoms with Gasteiger partial charge in [0.1, 0.15) is 5.00 Å². The molecule has 1 aliphatic carbocycles. The maximum absolute atomic E-state index is 12.2. The van der Waals surface area contributed by atoms with Crippen LogP contribution in [0.2, 0.25) is 0 Å². The van der Waals surface area contributed by atoms with Crippen LogP contribution in [-0.2, 0) is 22.4 Å². The lowest BCUT2D eigenvalue weighted by molar-refractivity contribution is -0.116. The van der Waals surface area contributed by atoms with Crippen LogP contribution in [0.5, 0.6) is 0 Å². The second kappa shape index (κ2) is 10.6. The van der Waals surface area contributed by atoms with Gasteiger partial charge in [0.05, 0.1) is 12.7 Å². The molecule has 0 unspecified atom stereocenters. The smallest absolute Gasteiger partial charge is 0.341 e. The predicted octanol–water partition coefficient (Wildman–Crippen LogP) is 5.49. The highest BCUT2D eigenvalue weighted by atomic mass is 32.1. The van der Waals surface area contributed by atoms with Gasteiger partial charge in [-0.2, -0.15) is 0 Å². The molecule has 1 heterocycles. The van der Waals surface area contributed by atoms with Gasteiger partial charge in [-0.15, -0.1) is 11.3 Å². The number of nitrogens with one attached hydrogen (secondary N) is 1. The largest absolute Gasteiger partial charge is 0.465 e. The van der Waals surface area contributed by atoms with E-state index in [-0.39, 0.29) is 11.9 Å². The monoisotopic (exact) mass is 365 g/mol. The van der Waals surface area contributed by atoms with E-state index >= 15 is 0 Å². The van der Waals surface area contributed by atoms with Crippen molar-refractivity contribution < 1.29 is 14.3 Å². The number of esters is 1. The van der Waals surface area contributed by atoms with Gasteiger partial charge in [0, 0.05) is 11.3 Å². The van der Waals surface area contributed by atoms with Gasteiger partial charge in [-0.1, -0.05) is 51.9 Å². The first kappa shape index (κ1) is 20.0. The number of ether oxygens (including phenoxy) is 1. The number of hydrogen-bond acceptors (Lipinski definition) is 4. The lowest BCUT2D eigenvalue weighted by Gasteiger charge is -2.07. The Morgan fingerprint density at radius 1 is 1.04 bits per heavy atom. The molecule has 0 atom stereocenters. The standard InChI is InChI=1S/C20H31NO3S/c1-3-4-5-6-7-8-9-10-14-17(22)21-19-18(20(23)24-2)15-12-11-13-16(15)25-19/h3-14H2,1-2H3,(H,21,22). The predicted molar refractivity (Wildman–Crippen MR) is 104 cm³/mol. The van der Waals surface area contributed by atoms with Crippen molar-refractivity contribution in [2.24, 2.45) is 0 Å². The molecule has 0 aliphatic heterocycles. The number of fused-ring (bicyclic) bond motifs is 1. The summed E-state index contributed by atoms with van der Waals surface area (Å²) in [5, 5.41) is 3.63. The van der Waals surface area contributed by atoms with E-state index in [1.165, 1.54) is 50.5 Å². The summed E-state index contributed by atoms with van der Waals surface area (Å²) in [6, 6.07) is 0. The van der Waals surface area contributed by atoms with E-state index in [2.05, 4.69) is 12.2 Å². The molecule has 1 N–H and O–H groups in total. The summed E-state index contributed by atoms with van der Waals surface area (Å²) in [6.45, 7) is 2.23. The van der Waals surface area contributed by atoms with Crippen molar-refractivity contribution in [3.63, 3.8) is 0 Å². The first-order chi connectivity index (χ1) is 12.2. The van der Waals surface area contributed by atoms with Crippen molar-refractivity contribution in [1.82, 2.24) is 0 Å². The summed E-state index contributed by atoms with van der Waals surface area (Å²) in [6.07, 6.45) is 13.2. The number of thiophene rings is 1. The minimum atomic E-state index is -0.332. The molecular formula is C20H31NO3S. The number of methoxy groups -OCH3 is 1. The van der Waals surface area contributed by atoms with Gasteiger partial charge in [-0.25, -0.2) is 4.79 Å². The molecule has 0 saturated heterocycles. The Labute approximate surface area is 155 Å². The Bertz CT molecular complexity index is 580. The number of carbonyl (C=O) groups excluding carboxylic acids is 2. The quantitative estimate of drug-likeness (QED) is 0.416. The second-order valence-electron chi connectivity index (χ2n) is 6.83. The van der Waals surface area contributed by atoms with Crippen LogP contribution in [0.15, 0.2) is 0 Å². The van der Waals surface area contributed by atoms with Gasteiger partial charge < -0.3 is 10.1 Å². The molecule has 1 aromatic rings. The highest BCUT2D eigenvalue weighted by Gasteiger charge is 2.27. The van der Waals surface area contributed by atoms with E-state index in [1.807, 2.05) is 0 Å². The molecule has 0 fully saturated rings. The third-order valence-corrected chi connectivity index (χ3v) is 6.03. The number of carbonyl (C=O) groups is 2. The number of hydrogen-bond donors (Lipinski definition) is 1. The van der Waals surface area contributed by atoms with Gasteiger partial charge in [-0.05, 0) is 31.2 Å². The summed E-state index contributed by atoms with van der Waals surface area (Å²) in [7, 11) is 1.40. The van der Waals surface area contributed by atoms with Crippen LogP contribution in [0.25, 0.3) is 0 Å². The SMILES string of the molecule is CCCCCCCCCCC(=O)Nc1sc2c(c1C(=O)OC)CCC2. The molecule has 0 spiro atoms. The summed E-state index contributed by atoms with van der Waals surface area (Å²) >= 11 is 1.54. The minimum Gasteiger partial charge on any atom is -0.465 e. The third kappa shape index (κ3) is 5.84. The molecule has 0 bridgehead atoms. The topological polar surface area (TPSA) is 55.4 Å². The first-order valence-electron chi connectivity index (χ1n) is 9.70. The zero-order valence-corrected chi connectivity index (χ0v) is 16.4. The van der Waals surface area contributed by atoms with Gasteiger partial charge in [0.15, 0.2) is 0 Å². The highest BCUT2D eigenvalue weighted by Crippen LogP contribution is 2.39. The molecule has 1 aliphatic rings. The molecule has 2 rings (SSSR count). The molecule has 0 aromatic carbocycles. The maximum atomic E-state index is 12.2. The number of anilines is 1. The third-order valence-electron chi connectivity index (χ3n) is 4.82. The lowest BCUT2D eigenvalue weighted by Crippen LogP contribution is -2.14. The molecule has 1 amide bonds. The van der Waals surface area contributed by atoms with Crippen LogP contribution in [-0.4, -0.2) is 19.0 Å². The van der Waals surface area contributed by atoms with Gasteiger partial charge >= 0.3 is 5.97 Å². The van der Waals surface area contributed by atoms with Crippen molar-refractivity contribution in [2.45, 2.75) is 84.0 Å². The molecule has 4 nitrogen and oxygen atoms in total. The van der Waals surface area contributed by atoms with Crippen LogP contribution in [0, 0.1) is 0 Å². The average Bonchev–Trinajstić information content (AvgIpc) is 3.17. The van der Waals surface area contributed by atoms with E-state index in [4.69, 9.17) is 4.74 Å². The maximum Gasteiger partial charge on any atom is 0.341 e. The Balaban J connectivity index is 1.75. The Hall–Kier alpha value is -1.36. The van der Waals surface area contributed by atoms with Crippen LogP contribution in [0.4, 0.5) is 5.00 Å². The second-order valence-corrected chi connectivity index (χ2v) is 7.93.